The van der Waals surface area contributed by atoms with Crippen molar-refractivity contribution >= 4 is 0 Å². The van der Waals surface area contributed by atoms with Crippen molar-refractivity contribution in [2.75, 3.05) is 0 Å². The molecule has 0 aromatic carbocycles. The van der Waals surface area contributed by atoms with Crippen molar-refractivity contribution in [3.8, 4) is 0 Å². The minimum absolute atomic E-state index is 0.197. The van der Waals surface area contributed by atoms with Gasteiger partial charge in [-0.3, -0.25) is 0 Å². The molecule has 1 rings (SSSR count). The quantitative estimate of drug-likeness (QED) is 0.410. The summed E-state index contributed by atoms with van der Waals surface area (Å²) < 4.78 is 0. The van der Waals surface area contributed by atoms with Crippen LogP contribution in [-0.2, 0) is 0 Å². The molecule has 0 radical (unpaired) electrons. The second-order valence-electron chi connectivity index (χ2n) is 7.52. The van der Waals surface area contributed by atoms with E-state index in [-0.39, 0.29) is 5.41 Å². The van der Waals surface area contributed by atoms with Crippen molar-refractivity contribution in [1.82, 2.24) is 0 Å². The van der Waals surface area contributed by atoms with E-state index in [2.05, 4.69) is 54.7 Å². The third kappa shape index (κ3) is 4.09. The van der Waals surface area contributed by atoms with Crippen LogP contribution in [0.3, 0.4) is 0 Å². The molecule has 0 N–H and O–H groups in total. The van der Waals surface area contributed by atoms with Gasteiger partial charge in [-0.2, -0.15) is 0 Å². The second-order valence-corrected chi connectivity index (χ2v) is 7.52. The van der Waals surface area contributed by atoms with E-state index in [4.69, 9.17) is 0 Å². The van der Waals surface area contributed by atoms with Gasteiger partial charge in [-0.25, -0.2) is 0 Å². The molecule has 0 amide bonds. The summed E-state index contributed by atoms with van der Waals surface area (Å²) in [6.07, 6.45) is 5.10. The zero-order valence-corrected chi connectivity index (χ0v) is 13.9. The van der Waals surface area contributed by atoms with Crippen molar-refractivity contribution in [2.24, 2.45) is 17.3 Å². The molecule has 108 valence electrons. The van der Waals surface area contributed by atoms with Crippen LogP contribution < -0.4 is 0 Å². The van der Waals surface area contributed by atoms with Crippen molar-refractivity contribution in [2.45, 2.75) is 67.2 Å². The standard InChI is InChI=1S/C19H32/c1-13(2)18(17-11-9-10-14(17)3)15(4)12-16(5)19(6,7)8/h14,17H,1,5,9-12H2,2-4,6-8H3/b18-15+. The highest BCUT2D eigenvalue weighted by Crippen LogP contribution is 2.42. The van der Waals surface area contributed by atoms with E-state index in [1.165, 1.54) is 41.6 Å². The summed E-state index contributed by atoms with van der Waals surface area (Å²) in [7, 11) is 0. The first-order valence-corrected chi connectivity index (χ1v) is 7.68. The van der Waals surface area contributed by atoms with Crippen LogP contribution in [0.4, 0.5) is 0 Å². The van der Waals surface area contributed by atoms with Crippen LogP contribution >= 0.6 is 0 Å². The average molecular weight is 260 g/mol. The van der Waals surface area contributed by atoms with E-state index in [1.807, 2.05) is 0 Å². The molecule has 0 aromatic rings. The Labute approximate surface area is 120 Å². The number of rotatable bonds is 4. The van der Waals surface area contributed by atoms with E-state index in [9.17, 15) is 0 Å². The van der Waals surface area contributed by atoms with Crippen LogP contribution in [0.25, 0.3) is 0 Å². The van der Waals surface area contributed by atoms with Crippen molar-refractivity contribution in [3.05, 3.63) is 35.5 Å². The zero-order valence-electron chi connectivity index (χ0n) is 13.9. The highest BCUT2D eigenvalue weighted by molar-refractivity contribution is 5.36. The normalized spacial score (nSPS) is 25.2. The van der Waals surface area contributed by atoms with Gasteiger partial charge in [0.15, 0.2) is 0 Å². The molecule has 1 aliphatic rings. The minimum Gasteiger partial charge on any atom is -0.0990 e. The minimum atomic E-state index is 0.197. The summed E-state index contributed by atoms with van der Waals surface area (Å²) in [6, 6.07) is 0. The van der Waals surface area contributed by atoms with Crippen LogP contribution in [-0.4, -0.2) is 0 Å². The third-order valence-corrected chi connectivity index (χ3v) is 4.69. The van der Waals surface area contributed by atoms with Gasteiger partial charge in [-0.1, -0.05) is 70.4 Å². The summed E-state index contributed by atoms with van der Waals surface area (Å²) in [6.45, 7) is 22.1. The van der Waals surface area contributed by atoms with E-state index >= 15 is 0 Å². The van der Waals surface area contributed by atoms with Crippen molar-refractivity contribution in [1.29, 1.82) is 0 Å². The Morgan fingerprint density at radius 3 is 2.05 bits per heavy atom. The molecular formula is C19H32. The number of hydrogen-bond acceptors (Lipinski definition) is 0. The summed E-state index contributed by atoms with van der Waals surface area (Å²) >= 11 is 0. The Bertz CT molecular complexity index is 387. The predicted octanol–water partition coefficient (Wildman–Crippen LogP) is 6.31. The van der Waals surface area contributed by atoms with E-state index in [1.54, 1.807) is 0 Å². The van der Waals surface area contributed by atoms with Gasteiger partial charge in [-0.05, 0) is 49.5 Å². The summed E-state index contributed by atoms with van der Waals surface area (Å²) in [5.74, 6) is 1.54. The van der Waals surface area contributed by atoms with E-state index in [0.29, 0.717) is 0 Å². The Balaban J connectivity index is 2.99. The molecule has 1 saturated carbocycles. The lowest BCUT2D eigenvalue weighted by Crippen LogP contribution is -2.13. The van der Waals surface area contributed by atoms with Gasteiger partial charge < -0.3 is 0 Å². The second kappa shape index (κ2) is 6.11. The fourth-order valence-electron chi connectivity index (χ4n) is 3.25. The first-order valence-electron chi connectivity index (χ1n) is 7.68. The first-order chi connectivity index (χ1) is 8.64. The Kier molecular flexibility index (Phi) is 5.24. The highest BCUT2D eigenvalue weighted by atomic mass is 14.3. The predicted molar refractivity (Wildman–Crippen MR) is 87.2 cm³/mol. The lowest BCUT2D eigenvalue weighted by atomic mass is 9.79. The largest absolute Gasteiger partial charge is 0.0990 e. The van der Waals surface area contributed by atoms with Gasteiger partial charge in [0.05, 0.1) is 0 Å². The summed E-state index contributed by atoms with van der Waals surface area (Å²) in [5, 5.41) is 0. The summed E-state index contributed by atoms with van der Waals surface area (Å²) in [5.41, 5.74) is 5.82. The third-order valence-electron chi connectivity index (χ3n) is 4.69. The maximum Gasteiger partial charge on any atom is -0.0103 e. The monoisotopic (exact) mass is 260 g/mol. The van der Waals surface area contributed by atoms with Crippen LogP contribution in [0.2, 0.25) is 0 Å². The van der Waals surface area contributed by atoms with Gasteiger partial charge in [0, 0.05) is 0 Å². The maximum atomic E-state index is 4.29. The molecule has 0 bridgehead atoms. The van der Waals surface area contributed by atoms with Crippen molar-refractivity contribution in [3.63, 3.8) is 0 Å². The lowest BCUT2D eigenvalue weighted by Gasteiger charge is -2.27. The zero-order chi connectivity index (χ0) is 14.8. The molecular weight excluding hydrogens is 228 g/mol. The molecule has 0 saturated heterocycles. The molecule has 0 aliphatic heterocycles. The fraction of sp³-hybridized carbons (Fsp3) is 0.684. The summed E-state index contributed by atoms with van der Waals surface area (Å²) in [4.78, 5) is 0. The maximum absolute atomic E-state index is 4.29. The van der Waals surface area contributed by atoms with Crippen LogP contribution in [0.5, 0.6) is 0 Å². The molecule has 0 nitrogen and oxygen atoms in total. The molecule has 2 atom stereocenters. The topological polar surface area (TPSA) is 0 Å². The van der Waals surface area contributed by atoms with Crippen LogP contribution in [0.15, 0.2) is 35.5 Å². The van der Waals surface area contributed by atoms with Gasteiger partial charge >= 0.3 is 0 Å². The van der Waals surface area contributed by atoms with Crippen LogP contribution in [0.1, 0.15) is 67.2 Å². The van der Waals surface area contributed by atoms with E-state index < -0.39 is 0 Å². The van der Waals surface area contributed by atoms with Gasteiger partial charge in [0.1, 0.15) is 0 Å². The SMILES string of the molecule is C=C(C)/C(=C(/C)CC(=C)C(C)(C)C)C1CCCC1C. The molecule has 0 spiro atoms. The van der Waals surface area contributed by atoms with Crippen LogP contribution in [0, 0.1) is 17.3 Å². The molecule has 1 aliphatic carbocycles. The van der Waals surface area contributed by atoms with Gasteiger partial charge in [-0.15, -0.1) is 0 Å². The van der Waals surface area contributed by atoms with Gasteiger partial charge in [0.2, 0.25) is 0 Å². The number of hydrogen-bond donors (Lipinski definition) is 0. The molecule has 19 heavy (non-hydrogen) atoms. The van der Waals surface area contributed by atoms with E-state index in [0.717, 1.165) is 18.3 Å². The Morgan fingerprint density at radius 2 is 1.68 bits per heavy atom. The molecule has 2 unspecified atom stereocenters. The molecule has 0 heterocycles. The number of allylic oxidation sites excluding steroid dienone is 4. The first kappa shape index (κ1) is 16.3. The fourth-order valence-corrected chi connectivity index (χ4v) is 3.25. The highest BCUT2D eigenvalue weighted by Gasteiger charge is 2.28. The molecule has 0 aromatic heterocycles. The van der Waals surface area contributed by atoms with Gasteiger partial charge in [0.25, 0.3) is 0 Å². The molecule has 0 heteroatoms. The molecule has 1 fully saturated rings. The Morgan fingerprint density at radius 1 is 1.11 bits per heavy atom. The lowest BCUT2D eigenvalue weighted by molar-refractivity contribution is 0.472. The Hall–Kier alpha value is -0.780. The smallest absolute Gasteiger partial charge is 0.0103 e. The average Bonchev–Trinajstić information content (AvgIpc) is 2.63. The van der Waals surface area contributed by atoms with Crippen molar-refractivity contribution < 1.29 is 0 Å².